The van der Waals surface area contributed by atoms with Gasteiger partial charge < -0.3 is 25.3 Å². The zero-order valence-electron chi connectivity index (χ0n) is 20.7. The van der Waals surface area contributed by atoms with Gasteiger partial charge in [0.15, 0.2) is 11.6 Å². The molecule has 2 saturated heterocycles. The molecule has 194 valence electrons. The second-order valence-electron chi connectivity index (χ2n) is 9.21. The molecule has 13 heteroatoms. The Bertz CT molecular complexity index is 1130. The van der Waals surface area contributed by atoms with Crippen molar-refractivity contribution < 1.29 is 18.6 Å². The summed E-state index contributed by atoms with van der Waals surface area (Å²) in [5, 5.41) is 22.7. The van der Waals surface area contributed by atoms with Crippen LogP contribution in [0.5, 0.6) is 0 Å². The zero-order chi connectivity index (χ0) is 25.2. The van der Waals surface area contributed by atoms with E-state index in [2.05, 4.69) is 30.2 Å². The number of piperidine rings is 2. The van der Waals surface area contributed by atoms with Crippen LogP contribution in [0.15, 0.2) is 5.16 Å². The maximum Gasteiger partial charge on any atom is 0.280 e. The number of hydrogen-bond donors (Lipinski definition) is 3. The molecule has 0 aromatic carbocycles. The predicted molar refractivity (Wildman–Crippen MR) is 134 cm³/mol. The van der Waals surface area contributed by atoms with Gasteiger partial charge in [0.2, 0.25) is 5.95 Å². The first-order chi connectivity index (χ1) is 16.7. The molecule has 4 rings (SSSR count). The minimum absolute atomic E-state index is 0.256. The Morgan fingerprint density at radius 1 is 0.886 bits per heavy atom. The molecule has 0 spiro atoms. The van der Waals surface area contributed by atoms with Crippen LogP contribution in [-0.2, 0) is 10.0 Å². The summed E-state index contributed by atoms with van der Waals surface area (Å²) in [6.07, 6.45) is 4.54. The van der Waals surface area contributed by atoms with Crippen LogP contribution in [0.2, 0.25) is 0 Å². The predicted octanol–water partition coefficient (Wildman–Crippen LogP) is 1.50. The first-order valence-electron chi connectivity index (χ1n) is 12.4. The van der Waals surface area contributed by atoms with Crippen molar-refractivity contribution in [3.05, 3.63) is 0 Å². The number of anilines is 3. The topological polar surface area (TPSA) is 148 Å². The van der Waals surface area contributed by atoms with E-state index >= 15 is 0 Å². The van der Waals surface area contributed by atoms with Crippen molar-refractivity contribution in [2.45, 2.75) is 76.4 Å². The molecule has 2 aliphatic heterocycles. The van der Waals surface area contributed by atoms with E-state index in [9.17, 15) is 18.6 Å². The molecule has 35 heavy (non-hydrogen) atoms. The SMILES string of the molecule is CCC(O)Nc1nc(N2CCCCC2)c2nc(S(=O)(=O)N(C)C(C)O)nc(N3CCCCC3)c2n1. The van der Waals surface area contributed by atoms with Crippen LogP contribution in [0.1, 0.15) is 58.8 Å². The number of nitrogens with zero attached hydrogens (tertiary/aromatic N) is 7. The van der Waals surface area contributed by atoms with Crippen molar-refractivity contribution in [2.75, 3.05) is 48.3 Å². The lowest BCUT2D eigenvalue weighted by atomic mass is 10.1. The third kappa shape index (κ3) is 5.42. The lowest BCUT2D eigenvalue weighted by Gasteiger charge is -2.31. The highest BCUT2D eigenvalue weighted by Gasteiger charge is 2.32. The largest absolute Gasteiger partial charge is 0.378 e. The van der Waals surface area contributed by atoms with Crippen molar-refractivity contribution in [1.29, 1.82) is 0 Å². The van der Waals surface area contributed by atoms with Crippen LogP contribution in [0.25, 0.3) is 11.0 Å². The molecule has 0 radical (unpaired) electrons. The van der Waals surface area contributed by atoms with Crippen LogP contribution in [0, 0.1) is 0 Å². The Kier molecular flexibility index (Phi) is 7.89. The monoisotopic (exact) mass is 508 g/mol. The van der Waals surface area contributed by atoms with Crippen molar-refractivity contribution in [3.63, 3.8) is 0 Å². The minimum Gasteiger partial charge on any atom is -0.378 e. The molecule has 2 aromatic rings. The molecule has 3 N–H and O–H groups in total. The second-order valence-corrected chi connectivity index (χ2v) is 11.1. The van der Waals surface area contributed by atoms with Gasteiger partial charge in [-0.25, -0.2) is 18.4 Å². The normalized spacial score (nSPS) is 19.3. The fourth-order valence-corrected chi connectivity index (χ4v) is 5.45. The summed E-state index contributed by atoms with van der Waals surface area (Å²) in [5.74, 6) is 1.21. The summed E-state index contributed by atoms with van der Waals surface area (Å²) in [7, 11) is -2.87. The molecule has 2 aromatic heterocycles. The van der Waals surface area contributed by atoms with E-state index in [4.69, 9.17) is 0 Å². The molecule has 12 nitrogen and oxygen atoms in total. The lowest BCUT2D eigenvalue weighted by molar-refractivity contribution is 0.0961. The summed E-state index contributed by atoms with van der Waals surface area (Å²) < 4.78 is 27.5. The van der Waals surface area contributed by atoms with Crippen molar-refractivity contribution in [1.82, 2.24) is 24.2 Å². The van der Waals surface area contributed by atoms with Crippen molar-refractivity contribution >= 4 is 38.6 Å². The molecule has 0 saturated carbocycles. The van der Waals surface area contributed by atoms with E-state index in [1.54, 1.807) is 0 Å². The van der Waals surface area contributed by atoms with E-state index in [0.717, 1.165) is 69.0 Å². The molecule has 0 amide bonds. The molecule has 2 unspecified atom stereocenters. The summed E-state index contributed by atoms with van der Waals surface area (Å²) in [5.41, 5.74) is 0.809. The molecule has 4 heterocycles. The highest BCUT2D eigenvalue weighted by Crippen LogP contribution is 2.33. The van der Waals surface area contributed by atoms with E-state index in [0.29, 0.717) is 29.1 Å². The molecular weight excluding hydrogens is 472 g/mol. The summed E-state index contributed by atoms with van der Waals surface area (Å²) in [6.45, 7) is 6.20. The van der Waals surface area contributed by atoms with Gasteiger partial charge in [-0.3, -0.25) is 0 Å². The molecule has 0 aliphatic carbocycles. The third-order valence-electron chi connectivity index (χ3n) is 6.62. The minimum atomic E-state index is -4.17. The maximum atomic E-state index is 13.3. The van der Waals surface area contributed by atoms with E-state index < -0.39 is 22.5 Å². The number of aliphatic hydroxyl groups excluding tert-OH is 2. The zero-order valence-corrected chi connectivity index (χ0v) is 21.5. The van der Waals surface area contributed by atoms with Crippen LogP contribution in [0.3, 0.4) is 0 Å². The summed E-state index contributed by atoms with van der Waals surface area (Å²) in [4.78, 5) is 22.5. The van der Waals surface area contributed by atoms with E-state index in [1.165, 1.54) is 14.0 Å². The Morgan fingerprint density at radius 3 is 1.91 bits per heavy atom. The van der Waals surface area contributed by atoms with Gasteiger partial charge in [0.05, 0.1) is 0 Å². The molecular formula is C22H36N8O4S. The summed E-state index contributed by atoms with van der Waals surface area (Å²) in [6, 6.07) is 0. The standard InChI is InChI=1S/C22H36N8O4S/c1-4-16(32)23-21-24-17-18(19(26-21)29-11-7-5-8-12-29)25-22(35(33,34)28(3)15(2)31)27-20(17)30-13-9-6-10-14-30/h15-16,31-32H,4-14H2,1-3H3,(H,23,24,26). The highest BCUT2D eigenvalue weighted by molar-refractivity contribution is 7.88. The number of hydrogen-bond acceptors (Lipinski definition) is 11. The Hall–Kier alpha value is -2.35. The molecule has 2 aliphatic rings. The van der Waals surface area contributed by atoms with Gasteiger partial charge in [0.1, 0.15) is 23.5 Å². The number of sulfonamides is 1. The van der Waals surface area contributed by atoms with Crippen molar-refractivity contribution in [2.24, 2.45) is 0 Å². The fraction of sp³-hybridized carbons (Fsp3) is 0.727. The van der Waals surface area contributed by atoms with Gasteiger partial charge in [0.25, 0.3) is 15.2 Å². The average molecular weight is 509 g/mol. The Morgan fingerprint density at radius 2 is 1.40 bits per heavy atom. The van der Waals surface area contributed by atoms with E-state index in [1.807, 2.05) is 11.8 Å². The smallest absolute Gasteiger partial charge is 0.280 e. The Labute approximate surface area is 206 Å². The maximum absolute atomic E-state index is 13.3. The van der Waals surface area contributed by atoms with Crippen LogP contribution < -0.4 is 15.1 Å². The van der Waals surface area contributed by atoms with Gasteiger partial charge in [0, 0.05) is 33.2 Å². The number of aromatic nitrogens is 4. The second kappa shape index (κ2) is 10.7. The first kappa shape index (κ1) is 25.7. The van der Waals surface area contributed by atoms with Gasteiger partial charge >= 0.3 is 0 Å². The van der Waals surface area contributed by atoms with Crippen LogP contribution >= 0.6 is 0 Å². The number of rotatable bonds is 8. The first-order valence-corrected chi connectivity index (χ1v) is 13.9. The summed E-state index contributed by atoms with van der Waals surface area (Å²) >= 11 is 0. The van der Waals surface area contributed by atoms with Gasteiger partial charge in [-0.1, -0.05) is 6.92 Å². The molecule has 0 bridgehead atoms. The van der Waals surface area contributed by atoms with Gasteiger partial charge in [-0.2, -0.15) is 14.3 Å². The van der Waals surface area contributed by atoms with Gasteiger partial charge in [-0.05, 0) is 51.9 Å². The average Bonchev–Trinajstić information content (AvgIpc) is 2.88. The molecule has 2 fully saturated rings. The Balaban J connectivity index is 1.97. The van der Waals surface area contributed by atoms with Crippen molar-refractivity contribution in [3.8, 4) is 0 Å². The quantitative estimate of drug-likeness (QED) is 0.352. The van der Waals surface area contributed by atoms with Crippen LogP contribution in [-0.4, -0.2) is 88.6 Å². The van der Waals surface area contributed by atoms with Crippen LogP contribution in [0.4, 0.5) is 17.6 Å². The highest BCUT2D eigenvalue weighted by atomic mass is 32.2. The number of nitrogens with one attached hydrogen (secondary N) is 1. The number of fused-ring (bicyclic) bond motifs is 1. The fourth-order valence-electron chi connectivity index (χ4n) is 4.38. The number of aliphatic hydroxyl groups is 2. The van der Waals surface area contributed by atoms with Gasteiger partial charge in [-0.15, -0.1) is 0 Å². The molecule has 2 atom stereocenters. The lowest BCUT2D eigenvalue weighted by Crippen LogP contribution is -2.37. The third-order valence-corrected chi connectivity index (χ3v) is 8.32. The van der Waals surface area contributed by atoms with E-state index in [-0.39, 0.29) is 11.1 Å².